The summed E-state index contributed by atoms with van der Waals surface area (Å²) < 4.78 is 0. The third-order valence-electron chi connectivity index (χ3n) is 3.13. The number of benzene rings is 1. The minimum atomic E-state index is -0.661. The number of nitrogens with one attached hydrogen (secondary N) is 1. The van der Waals surface area contributed by atoms with Crippen LogP contribution in [0.15, 0.2) is 29.2 Å². The zero-order valence-corrected chi connectivity index (χ0v) is 17.3. The Balaban J connectivity index is 2.40. The predicted molar refractivity (Wildman–Crippen MR) is 99.7 cm³/mol. The number of nitrogens with zero attached hydrogens (tertiary/aromatic N) is 1. The molecule has 3 nitrogen and oxygen atoms in total. The molecule has 1 rings (SSSR count). The molecule has 22 heavy (non-hydrogen) atoms. The SMILES string of the molecule is CC(C)N(CCSc1ccc(Cl)cc1)C(=O)NCC[As](C)C. The van der Waals surface area contributed by atoms with Crippen molar-refractivity contribution in [1.29, 1.82) is 0 Å². The molecule has 6 heteroatoms. The first kappa shape index (κ1) is 19.7. The molecule has 0 fully saturated rings. The van der Waals surface area contributed by atoms with E-state index in [1.54, 1.807) is 11.8 Å². The van der Waals surface area contributed by atoms with Crippen molar-refractivity contribution in [2.75, 3.05) is 18.8 Å². The quantitative estimate of drug-likeness (QED) is 0.507. The first-order valence-electron chi connectivity index (χ1n) is 7.47. The van der Waals surface area contributed by atoms with E-state index < -0.39 is 14.7 Å². The predicted octanol–water partition coefficient (Wildman–Crippen LogP) is 4.61. The fourth-order valence-electron chi connectivity index (χ4n) is 1.87. The maximum absolute atomic E-state index is 12.3. The van der Waals surface area contributed by atoms with E-state index in [-0.39, 0.29) is 12.1 Å². The molecule has 2 amide bonds. The standard InChI is InChI=1S/C16H26AsClN2OS/c1-13(2)20(16(21)19-10-9-17(3)4)11-12-22-15-7-5-14(18)6-8-15/h5-8,13H,9-12H2,1-4H3,(H,19,21). The monoisotopic (exact) mass is 404 g/mol. The van der Waals surface area contributed by atoms with Gasteiger partial charge in [0.05, 0.1) is 0 Å². The molecule has 0 aliphatic carbocycles. The molecule has 0 saturated heterocycles. The third kappa shape index (κ3) is 7.80. The number of hydrogen-bond donors (Lipinski definition) is 1. The molecule has 1 N–H and O–H groups in total. The normalized spacial score (nSPS) is 11.0. The van der Waals surface area contributed by atoms with Crippen LogP contribution < -0.4 is 5.32 Å². The number of rotatable bonds is 8. The molecule has 0 heterocycles. The molecule has 1 aromatic carbocycles. The fourth-order valence-corrected chi connectivity index (χ4v) is 4.03. The second-order valence-electron chi connectivity index (χ2n) is 5.62. The van der Waals surface area contributed by atoms with Gasteiger partial charge in [-0.3, -0.25) is 0 Å². The molecule has 124 valence electrons. The van der Waals surface area contributed by atoms with Crippen LogP contribution in [0, 0.1) is 0 Å². The summed E-state index contributed by atoms with van der Waals surface area (Å²) >= 11 is 6.97. The van der Waals surface area contributed by atoms with Crippen molar-refractivity contribution in [2.24, 2.45) is 0 Å². The van der Waals surface area contributed by atoms with E-state index in [2.05, 4.69) is 30.6 Å². The number of carbonyl (C=O) groups excluding carboxylic acids is 1. The molecule has 0 atom stereocenters. The molecule has 0 saturated carbocycles. The van der Waals surface area contributed by atoms with Gasteiger partial charge in [0.1, 0.15) is 0 Å². The summed E-state index contributed by atoms with van der Waals surface area (Å²) in [4.78, 5) is 15.3. The van der Waals surface area contributed by atoms with Crippen molar-refractivity contribution in [1.82, 2.24) is 10.2 Å². The van der Waals surface area contributed by atoms with E-state index in [4.69, 9.17) is 11.6 Å². The van der Waals surface area contributed by atoms with Crippen LogP contribution in [0.1, 0.15) is 13.8 Å². The summed E-state index contributed by atoms with van der Waals surface area (Å²) in [5.41, 5.74) is 4.62. The van der Waals surface area contributed by atoms with Gasteiger partial charge in [0.2, 0.25) is 0 Å². The number of amides is 2. The number of thioether (sulfide) groups is 1. The molecular weight excluding hydrogens is 379 g/mol. The molecule has 0 spiro atoms. The van der Waals surface area contributed by atoms with Crippen LogP contribution in [-0.4, -0.2) is 50.5 Å². The Morgan fingerprint density at radius 2 is 1.95 bits per heavy atom. The Morgan fingerprint density at radius 3 is 2.50 bits per heavy atom. The van der Waals surface area contributed by atoms with Crippen molar-refractivity contribution < 1.29 is 4.79 Å². The fraction of sp³-hybridized carbons (Fsp3) is 0.562. The van der Waals surface area contributed by atoms with Gasteiger partial charge in [0.15, 0.2) is 0 Å². The van der Waals surface area contributed by atoms with Crippen molar-refractivity contribution >= 4 is 44.0 Å². The Hall–Kier alpha value is -0.312. The number of urea groups is 1. The van der Waals surface area contributed by atoms with Gasteiger partial charge in [0.25, 0.3) is 0 Å². The average molecular weight is 405 g/mol. The molecule has 0 radical (unpaired) electrons. The van der Waals surface area contributed by atoms with Crippen molar-refractivity contribution in [3.05, 3.63) is 29.3 Å². The van der Waals surface area contributed by atoms with Crippen LogP contribution in [0.4, 0.5) is 4.79 Å². The van der Waals surface area contributed by atoms with Gasteiger partial charge in [-0.05, 0) is 0 Å². The van der Waals surface area contributed by atoms with Crippen LogP contribution in [0.3, 0.4) is 0 Å². The van der Waals surface area contributed by atoms with Crippen molar-refractivity contribution in [2.45, 2.75) is 41.4 Å². The van der Waals surface area contributed by atoms with Gasteiger partial charge in [0, 0.05) is 0 Å². The van der Waals surface area contributed by atoms with Crippen LogP contribution in [-0.2, 0) is 0 Å². The molecule has 0 aliphatic rings. The summed E-state index contributed by atoms with van der Waals surface area (Å²) in [7, 11) is 0. The van der Waals surface area contributed by atoms with E-state index in [0.717, 1.165) is 29.1 Å². The molecular formula is C16H26AsClN2OS. The summed E-state index contributed by atoms with van der Waals surface area (Å²) in [5, 5.41) is 4.96. The second-order valence-corrected chi connectivity index (χ2v) is 12.7. The number of hydrogen-bond acceptors (Lipinski definition) is 2. The maximum atomic E-state index is 12.3. The molecule has 1 aromatic rings. The zero-order chi connectivity index (χ0) is 16.5. The van der Waals surface area contributed by atoms with Crippen molar-refractivity contribution in [3.8, 4) is 0 Å². The first-order chi connectivity index (χ1) is 10.4. The van der Waals surface area contributed by atoms with Gasteiger partial charge >= 0.3 is 137 Å². The molecule has 0 unspecified atom stereocenters. The Kier molecular flexibility index (Phi) is 9.38. The Labute approximate surface area is 148 Å². The summed E-state index contributed by atoms with van der Waals surface area (Å²) in [5.74, 6) is 0.882. The summed E-state index contributed by atoms with van der Waals surface area (Å²) in [6.07, 6.45) is 0. The third-order valence-corrected chi connectivity index (χ3v) is 6.72. The van der Waals surface area contributed by atoms with E-state index >= 15 is 0 Å². The van der Waals surface area contributed by atoms with E-state index in [1.807, 2.05) is 29.2 Å². The molecule has 0 bridgehead atoms. The number of carbonyl (C=O) groups is 1. The van der Waals surface area contributed by atoms with Gasteiger partial charge in [-0.1, -0.05) is 11.6 Å². The zero-order valence-electron chi connectivity index (χ0n) is 13.8. The summed E-state index contributed by atoms with van der Waals surface area (Å²) in [6.45, 7) is 5.67. The van der Waals surface area contributed by atoms with Crippen LogP contribution in [0.2, 0.25) is 21.7 Å². The summed E-state index contributed by atoms with van der Waals surface area (Å²) in [6, 6.07) is 8.09. The molecule has 0 aliphatic heterocycles. The molecule has 0 aromatic heterocycles. The van der Waals surface area contributed by atoms with Crippen LogP contribution >= 0.6 is 23.4 Å². The van der Waals surface area contributed by atoms with Gasteiger partial charge in [-0.2, -0.15) is 0 Å². The van der Waals surface area contributed by atoms with E-state index in [0.29, 0.717) is 0 Å². The van der Waals surface area contributed by atoms with Gasteiger partial charge in [-0.15, -0.1) is 0 Å². The van der Waals surface area contributed by atoms with Gasteiger partial charge < -0.3 is 0 Å². The average Bonchev–Trinajstić information content (AvgIpc) is 2.44. The Morgan fingerprint density at radius 1 is 1.32 bits per heavy atom. The van der Waals surface area contributed by atoms with Crippen LogP contribution in [0.25, 0.3) is 0 Å². The number of halogens is 1. The van der Waals surface area contributed by atoms with Gasteiger partial charge in [-0.25, -0.2) is 0 Å². The van der Waals surface area contributed by atoms with E-state index in [9.17, 15) is 4.79 Å². The van der Waals surface area contributed by atoms with Crippen molar-refractivity contribution in [3.63, 3.8) is 0 Å². The Bertz CT molecular complexity index is 454. The topological polar surface area (TPSA) is 32.3 Å². The minimum absolute atomic E-state index is 0.0579. The first-order valence-corrected chi connectivity index (χ1v) is 13.9. The van der Waals surface area contributed by atoms with E-state index in [1.165, 1.54) is 4.90 Å². The second kappa shape index (κ2) is 10.5. The van der Waals surface area contributed by atoms with Crippen LogP contribution in [0.5, 0.6) is 0 Å².